The molecule has 4 N–H and O–H groups in total. The van der Waals surface area contributed by atoms with Crippen molar-refractivity contribution in [2.75, 3.05) is 5.73 Å². The highest BCUT2D eigenvalue weighted by Crippen LogP contribution is 2.37. The Balaban J connectivity index is 1.51. The lowest BCUT2D eigenvalue weighted by molar-refractivity contribution is 0.0998. The highest BCUT2D eigenvalue weighted by Gasteiger charge is 2.21. The lowest BCUT2D eigenvalue weighted by atomic mass is 10.1. The number of fused-ring (bicyclic) bond motifs is 1. The van der Waals surface area contributed by atoms with Crippen LogP contribution in [-0.4, -0.2) is 20.4 Å². The van der Waals surface area contributed by atoms with Crippen LogP contribution in [-0.2, 0) is 0 Å². The molecule has 0 unspecified atom stereocenters. The topological polar surface area (TPSA) is 109 Å². The van der Waals surface area contributed by atoms with Crippen LogP contribution in [0.25, 0.3) is 27.2 Å². The lowest BCUT2D eigenvalue weighted by Crippen LogP contribution is -2.12. The number of amides is 1. The predicted octanol–water partition coefficient (Wildman–Crippen LogP) is 5.62. The van der Waals surface area contributed by atoms with Crippen molar-refractivity contribution in [3.8, 4) is 21.9 Å². The Hall–Kier alpha value is -3.88. The number of nitrogens with zero attached hydrogens (tertiary/aromatic N) is 3. The van der Waals surface area contributed by atoms with Gasteiger partial charge in [-0.2, -0.15) is 0 Å². The number of imidazole rings is 1. The lowest BCUT2D eigenvalue weighted by Gasteiger charge is -2.16. The monoisotopic (exact) mass is 489 g/mol. The Bertz CT molecular complexity index is 1530. The van der Waals surface area contributed by atoms with Crippen molar-refractivity contribution in [3.63, 3.8) is 0 Å². The minimum absolute atomic E-state index is 0.333. The number of hydrogen-bond acceptors (Lipinski definition) is 6. The molecule has 0 saturated heterocycles. The third kappa shape index (κ3) is 4.09. The molecule has 170 valence electrons. The van der Waals surface area contributed by atoms with Crippen molar-refractivity contribution in [2.24, 2.45) is 5.73 Å². The van der Waals surface area contributed by atoms with Crippen LogP contribution in [0.5, 0.6) is 5.75 Å². The first-order valence-corrected chi connectivity index (χ1v) is 11.6. The van der Waals surface area contributed by atoms with Crippen molar-refractivity contribution in [2.45, 2.75) is 13.0 Å². The summed E-state index contributed by atoms with van der Waals surface area (Å²) in [6.45, 7) is 1.88. The van der Waals surface area contributed by atoms with Gasteiger partial charge in [0.25, 0.3) is 5.91 Å². The molecule has 0 saturated carbocycles. The molecule has 0 radical (unpaired) electrons. The summed E-state index contributed by atoms with van der Waals surface area (Å²) in [6.07, 6.45) is 3.02. The molecular formula is C25H20ClN5O2S. The number of primary amides is 1. The normalized spacial score (nSPS) is 12.1. The number of anilines is 1. The van der Waals surface area contributed by atoms with Gasteiger partial charge in [0.2, 0.25) is 0 Å². The smallest absolute Gasteiger partial charge is 0.262 e. The number of ether oxygens (including phenoxy) is 1. The first kappa shape index (κ1) is 21.9. The van der Waals surface area contributed by atoms with E-state index < -0.39 is 5.91 Å². The maximum atomic E-state index is 12.2. The SMILES string of the molecule is C[C@@H](Oc1cc(-n2cnc3cc(-c4ccnc(N)c4)ccc32)sc1C(N)=O)c1ccccc1Cl. The molecule has 0 aliphatic heterocycles. The maximum Gasteiger partial charge on any atom is 0.262 e. The van der Waals surface area contributed by atoms with Gasteiger partial charge >= 0.3 is 0 Å². The van der Waals surface area contributed by atoms with E-state index in [1.54, 1.807) is 24.7 Å². The van der Waals surface area contributed by atoms with Crippen molar-refractivity contribution in [1.82, 2.24) is 14.5 Å². The number of nitrogen functional groups attached to an aromatic ring is 1. The molecule has 0 aliphatic carbocycles. The maximum absolute atomic E-state index is 12.2. The molecule has 0 aliphatic rings. The molecule has 1 amide bonds. The van der Waals surface area contributed by atoms with Crippen LogP contribution in [0.1, 0.15) is 28.3 Å². The van der Waals surface area contributed by atoms with Crippen LogP contribution in [0.2, 0.25) is 5.02 Å². The largest absolute Gasteiger partial charge is 0.484 e. The molecule has 34 heavy (non-hydrogen) atoms. The molecule has 3 aromatic heterocycles. The summed E-state index contributed by atoms with van der Waals surface area (Å²) in [5.41, 5.74) is 15.9. The molecular weight excluding hydrogens is 470 g/mol. The van der Waals surface area contributed by atoms with E-state index in [1.807, 2.05) is 60.0 Å². The third-order valence-corrected chi connectivity index (χ3v) is 6.93. The zero-order chi connectivity index (χ0) is 23.8. The van der Waals surface area contributed by atoms with Gasteiger partial charge < -0.3 is 16.2 Å². The summed E-state index contributed by atoms with van der Waals surface area (Å²) in [5.74, 6) is 0.310. The molecule has 3 heterocycles. The Morgan fingerprint density at radius 1 is 1.09 bits per heavy atom. The molecule has 0 spiro atoms. The highest BCUT2D eigenvalue weighted by atomic mass is 35.5. The number of thiophene rings is 1. The highest BCUT2D eigenvalue weighted by molar-refractivity contribution is 7.16. The van der Waals surface area contributed by atoms with Crippen molar-refractivity contribution >= 4 is 45.7 Å². The van der Waals surface area contributed by atoms with Crippen LogP contribution in [0, 0.1) is 0 Å². The fraction of sp³-hybridized carbons (Fsp3) is 0.0800. The summed E-state index contributed by atoms with van der Waals surface area (Å²) < 4.78 is 8.03. The van der Waals surface area contributed by atoms with Gasteiger partial charge in [-0.25, -0.2) is 9.97 Å². The number of pyridine rings is 1. The zero-order valence-electron chi connectivity index (χ0n) is 18.1. The van der Waals surface area contributed by atoms with Crippen LogP contribution in [0.3, 0.4) is 0 Å². The van der Waals surface area contributed by atoms with Crippen LogP contribution >= 0.6 is 22.9 Å². The molecule has 0 bridgehead atoms. The molecule has 9 heteroatoms. The van der Waals surface area contributed by atoms with Crippen molar-refractivity contribution in [1.29, 1.82) is 0 Å². The summed E-state index contributed by atoms with van der Waals surface area (Å²) in [4.78, 5) is 21.1. The van der Waals surface area contributed by atoms with Gasteiger partial charge in [0, 0.05) is 22.8 Å². The van der Waals surface area contributed by atoms with Crippen LogP contribution in [0.15, 0.2) is 73.2 Å². The van der Waals surface area contributed by atoms with E-state index in [0.29, 0.717) is 21.5 Å². The zero-order valence-corrected chi connectivity index (χ0v) is 19.7. The van der Waals surface area contributed by atoms with Gasteiger partial charge in [-0.3, -0.25) is 9.36 Å². The van der Waals surface area contributed by atoms with E-state index in [0.717, 1.165) is 32.7 Å². The number of aromatic nitrogens is 3. The van der Waals surface area contributed by atoms with E-state index in [2.05, 4.69) is 9.97 Å². The van der Waals surface area contributed by atoms with Gasteiger partial charge in [0.1, 0.15) is 33.9 Å². The molecule has 1 atom stereocenters. The third-order valence-electron chi connectivity index (χ3n) is 5.45. The number of halogens is 1. The predicted molar refractivity (Wildman–Crippen MR) is 136 cm³/mol. The first-order valence-electron chi connectivity index (χ1n) is 10.4. The standard InChI is InChI=1S/C25H20ClN5O2S/c1-14(17-4-2-3-5-18(17)26)33-21-12-23(34-24(21)25(28)32)31-13-30-19-10-15(6-7-20(19)31)16-8-9-29-22(27)11-16/h2-14H,1H3,(H2,27,29)(H2,28,32)/t14-/m1/s1. The first-order chi connectivity index (χ1) is 16.4. The molecule has 5 rings (SSSR count). The minimum Gasteiger partial charge on any atom is -0.484 e. The Morgan fingerprint density at radius 3 is 2.65 bits per heavy atom. The molecule has 5 aromatic rings. The van der Waals surface area contributed by atoms with Crippen LogP contribution in [0.4, 0.5) is 5.82 Å². The van der Waals surface area contributed by atoms with E-state index in [9.17, 15) is 4.79 Å². The van der Waals surface area contributed by atoms with Gasteiger partial charge in [-0.05, 0) is 48.4 Å². The fourth-order valence-corrected chi connectivity index (χ4v) is 5.01. The second kappa shape index (κ2) is 8.81. The van der Waals surface area contributed by atoms with Gasteiger partial charge in [-0.1, -0.05) is 35.9 Å². The quantitative estimate of drug-likeness (QED) is 0.321. The number of rotatable bonds is 6. The van der Waals surface area contributed by atoms with Gasteiger partial charge in [0.15, 0.2) is 0 Å². The van der Waals surface area contributed by atoms with Crippen LogP contribution < -0.4 is 16.2 Å². The Kier molecular flexibility index (Phi) is 5.69. The summed E-state index contributed by atoms with van der Waals surface area (Å²) >= 11 is 7.56. The number of carbonyl (C=O) groups excluding carboxylic acids is 1. The van der Waals surface area contributed by atoms with E-state index in [1.165, 1.54) is 11.3 Å². The van der Waals surface area contributed by atoms with E-state index in [4.69, 9.17) is 27.8 Å². The average Bonchev–Trinajstić information content (AvgIpc) is 3.43. The molecule has 2 aromatic carbocycles. The summed E-state index contributed by atoms with van der Waals surface area (Å²) in [5, 5.41) is 1.36. The van der Waals surface area contributed by atoms with Gasteiger partial charge in [-0.15, -0.1) is 11.3 Å². The fourth-order valence-electron chi connectivity index (χ4n) is 3.79. The Labute approximate surface area is 204 Å². The minimum atomic E-state index is -0.556. The average molecular weight is 490 g/mol. The second-order valence-corrected chi connectivity index (χ2v) is 9.15. The van der Waals surface area contributed by atoms with E-state index >= 15 is 0 Å². The number of hydrogen-bond donors (Lipinski definition) is 2. The summed E-state index contributed by atoms with van der Waals surface area (Å²) in [6, 6.07) is 18.9. The molecule has 7 nitrogen and oxygen atoms in total. The van der Waals surface area contributed by atoms with Crippen molar-refractivity contribution < 1.29 is 9.53 Å². The Morgan fingerprint density at radius 2 is 1.88 bits per heavy atom. The number of nitrogens with two attached hydrogens (primary N) is 2. The van der Waals surface area contributed by atoms with Crippen molar-refractivity contribution in [3.05, 3.63) is 88.7 Å². The number of carbonyl (C=O) groups is 1. The second-order valence-electron chi connectivity index (χ2n) is 7.71. The number of benzene rings is 2. The summed E-state index contributed by atoms with van der Waals surface area (Å²) in [7, 11) is 0. The van der Waals surface area contributed by atoms with E-state index in [-0.39, 0.29) is 6.10 Å². The van der Waals surface area contributed by atoms with Gasteiger partial charge in [0.05, 0.1) is 11.0 Å². The molecule has 0 fully saturated rings.